The van der Waals surface area contributed by atoms with Gasteiger partial charge in [0.1, 0.15) is 10.8 Å². The number of anilines is 1. The number of aryl methyl sites for hydroxylation is 1. The molecule has 5 nitrogen and oxygen atoms in total. The normalized spacial score (nSPS) is 14.1. The van der Waals surface area contributed by atoms with Crippen molar-refractivity contribution < 1.29 is 19.1 Å². The van der Waals surface area contributed by atoms with Crippen LogP contribution >= 0.6 is 11.3 Å². The first-order valence-electron chi connectivity index (χ1n) is 9.98. The molecule has 28 heavy (non-hydrogen) atoms. The van der Waals surface area contributed by atoms with Gasteiger partial charge in [-0.2, -0.15) is 0 Å². The lowest BCUT2D eigenvalue weighted by Crippen LogP contribution is -2.32. The summed E-state index contributed by atoms with van der Waals surface area (Å²) >= 11 is 1.50. The predicted molar refractivity (Wildman–Crippen MR) is 111 cm³/mol. The summed E-state index contributed by atoms with van der Waals surface area (Å²) in [6.45, 7) is 4.25. The zero-order chi connectivity index (χ0) is 19.9. The molecule has 0 fully saturated rings. The molecule has 1 aromatic carbocycles. The molecule has 1 aliphatic rings. The summed E-state index contributed by atoms with van der Waals surface area (Å²) in [5.41, 5.74) is 1.58. The summed E-state index contributed by atoms with van der Waals surface area (Å²) in [7, 11) is 0. The molecule has 6 heteroatoms. The Hall–Kier alpha value is -2.34. The molecule has 1 N–H and O–H groups in total. The number of ether oxygens (including phenoxy) is 2. The van der Waals surface area contributed by atoms with Gasteiger partial charge in [0.2, 0.25) is 0 Å². The number of thiophene rings is 1. The van der Waals surface area contributed by atoms with E-state index >= 15 is 0 Å². The van der Waals surface area contributed by atoms with Crippen LogP contribution in [0.15, 0.2) is 30.3 Å². The number of amides is 1. The fraction of sp³-hybridized carbons (Fsp3) is 0.455. The SMILES string of the molecule is CCCOC(=O)c1c(NC(=O)C(CC)Oc2ccccc2)sc2c1CCCC2. The molecular weight excluding hydrogens is 374 g/mol. The van der Waals surface area contributed by atoms with E-state index in [0.717, 1.165) is 37.7 Å². The Morgan fingerprint density at radius 2 is 1.89 bits per heavy atom. The van der Waals surface area contributed by atoms with Crippen LogP contribution in [-0.2, 0) is 22.4 Å². The number of benzene rings is 1. The Kier molecular flexibility index (Phi) is 7.09. The van der Waals surface area contributed by atoms with Gasteiger partial charge in [-0.1, -0.05) is 32.0 Å². The Labute approximate surface area is 170 Å². The third kappa shape index (κ3) is 4.73. The van der Waals surface area contributed by atoms with E-state index in [9.17, 15) is 9.59 Å². The smallest absolute Gasteiger partial charge is 0.341 e. The first-order chi connectivity index (χ1) is 13.6. The van der Waals surface area contributed by atoms with Crippen molar-refractivity contribution in [1.29, 1.82) is 0 Å². The number of carbonyl (C=O) groups excluding carboxylic acids is 2. The molecule has 0 aliphatic heterocycles. The summed E-state index contributed by atoms with van der Waals surface area (Å²) < 4.78 is 11.2. The summed E-state index contributed by atoms with van der Waals surface area (Å²) in [4.78, 5) is 26.7. The lowest BCUT2D eigenvalue weighted by atomic mass is 9.95. The zero-order valence-electron chi connectivity index (χ0n) is 16.5. The maximum atomic E-state index is 12.9. The van der Waals surface area contributed by atoms with Crippen molar-refractivity contribution in [3.63, 3.8) is 0 Å². The number of esters is 1. The van der Waals surface area contributed by atoms with Crippen LogP contribution < -0.4 is 10.1 Å². The topological polar surface area (TPSA) is 64.6 Å². The summed E-state index contributed by atoms with van der Waals surface area (Å²) in [5, 5.41) is 3.54. The highest BCUT2D eigenvalue weighted by molar-refractivity contribution is 7.17. The quantitative estimate of drug-likeness (QED) is 0.633. The van der Waals surface area contributed by atoms with Gasteiger partial charge in [-0.3, -0.25) is 4.79 Å². The fourth-order valence-electron chi connectivity index (χ4n) is 3.31. The van der Waals surface area contributed by atoms with Crippen LogP contribution in [0.4, 0.5) is 5.00 Å². The standard InChI is InChI=1S/C22H27NO4S/c1-3-14-26-22(25)19-16-12-8-9-13-18(16)28-21(19)23-20(24)17(4-2)27-15-10-6-5-7-11-15/h5-7,10-11,17H,3-4,8-9,12-14H2,1-2H3,(H,23,24). The minimum absolute atomic E-state index is 0.241. The molecule has 1 aromatic heterocycles. The lowest BCUT2D eigenvalue weighted by Gasteiger charge is -2.17. The minimum Gasteiger partial charge on any atom is -0.481 e. The Balaban J connectivity index is 1.80. The van der Waals surface area contributed by atoms with Crippen LogP contribution in [0.3, 0.4) is 0 Å². The van der Waals surface area contributed by atoms with E-state index in [4.69, 9.17) is 9.47 Å². The van der Waals surface area contributed by atoms with Gasteiger partial charge in [0.25, 0.3) is 5.91 Å². The highest BCUT2D eigenvalue weighted by Gasteiger charge is 2.29. The van der Waals surface area contributed by atoms with E-state index in [1.54, 1.807) is 0 Å². The molecule has 0 radical (unpaired) electrons. The molecule has 1 unspecified atom stereocenters. The van der Waals surface area contributed by atoms with E-state index in [-0.39, 0.29) is 11.9 Å². The molecule has 150 valence electrons. The largest absolute Gasteiger partial charge is 0.481 e. The molecule has 1 aliphatic carbocycles. The van der Waals surface area contributed by atoms with Gasteiger partial charge in [-0.05, 0) is 56.2 Å². The number of fused-ring (bicyclic) bond motifs is 1. The fourth-order valence-corrected chi connectivity index (χ4v) is 4.60. The number of rotatable bonds is 8. The highest BCUT2D eigenvalue weighted by atomic mass is 32.1. The highest BCUT2D eigenvalue weighted by Crippen LogP contribution is 2.38. The van der Waals surface area contributed by atoms with Crippen molar-refractivity contribution >= 4 is 28.2 Å². The number of nitrogens with one attached hydrogen (secondary N) is 1. The number of hydrogen-bond acceptors (Lipinski definition) is 5. The van der Waals surface area contributed by atoms with Crippen molar-refractivity contribution in [3.8, 4) is 5.75 Å². The lowest BCUT2D eigenvalue weighted by molar-refractivity contribution is -0.122. The first kappa shape index (κ1) is 20.4. The van der Waals surface area contributed by atoms with Crippen molar-refractivity contribution in [2.24, 2.45) is 0 Å². The van der Waals surface area contributed by atoms with Crippen LogP contribution in [0, 0.1) is 0 Å². The molecular formula is C22H27NO4S. The predicted octanol–water partition coefficient (Wildman–Crippen LogP) is 4.99. The van der Waals surface area contributed by atoms with Crippen LogP contribution in [-0.4, -0.2) is 24.6 Å². The molecule has 1 atom stereocenters. The monoisotopic (exact) mass is 401 g/mol. The van der Waals surface area contributed by atoms with E-state index < -0.39 is 6.10 Å². The molecule has 0 spiro atoms. The molecule has 2 aromatic rings. The average Bonchev–Trinajstić information content (AvgIpc) is 3.08. The van der Waals surface area contributed by atoms with E-state index in [2.05, 4.69) is 5.32 Å². The second-order valence-corrected chi connectivity index (χ2v) is 7.97. The second kappa shape index (κ2) is 9.73. The minimum atomic E-state index is -0.624. The van der Waals surface area contributed by atoms with Crippen LogP contribution in [0.25, 0.3) is 0 Å². The van der Waals surface area contributed by atoms with Crippen LogP contribution in [0.1, 0.15) is 60.3 Å². The van der Waals surface area contributed by atoms with Gasteiger partial charge >= 0.3 is 5.97 Å². The van der Waals surface area contributed by atoms with E-state index in [0.29, 0.717) is 29.3 Å². The summed E-state index contributed by atoms with van der Waals surface area (Å²) in [6, 6.07) is 9.29. The van der Waals surface area contributed by atoms with Crippen molar-refractivity contribution in [2.45, 2.75) is 58.5 Å². The molecule has 0 saturated carbocycles. The molecule has 0 bridgehead atoms. The number of para-hydroxylation sites is 1. The van der Waals surface area contributed by atoms with Gasteiger partial charge in [-0.25, -0.2) is 4.79 Å². The first-order valence-corrected chi connectivity index (χ1v) is 10.8. The third-order valence-electron chi connectivity index (χ3n) is 4.73. The molecule has 0 saturated heterocycles. The molecule has 3 rings (SSSR count). The average molecular weight is 402 g/mol. The van der Waals surface area contributed by atoms with E-state index in [1.165, 1.54) is 16.2 Å². The molecule has 1 amide bonds. The van der Waals surface area contributed by atoms with Gasteiger partial charge in [-0.15, -0.1) is 11.3 Å². The van der Waals surface area contributed by atoms with Crippen molar-refractivity contribution in [1.82, 2.24) is 0 Å². The van der Waals surface area contributed by atoms with Gasteiger partial charge in [0.05, 0.1) is 12.2 Å². The van der Waals surface area contributed by atoms with Gasteiger partial charge in [0, 0.05) is 4.88 Å². The third-order valence-corrected chi connectivity index (χ3v) is 5.94. The van der Waals surface area contributed by atoms with Crippen LogP contribution in [0.5, 0.6) is 5.75 Å². The maximum Gasteiger partial charge on any atom is 0.341 e. The Morgan fingerprint density at radius 3 is 2.61 bits per heavy atom. The van der Waals surface area contributed by atoms with Gasteiger partial charge in [0.15, 0.2) is 6.10 Å². The van der Waals surface area contributed by atoms with Crippen molar-refractivity contribution in [3.05, 3.63) is 46.3 Å². The summed E-state index contributed by atoms with van der Waals surface area (Å²) in [6.07, 6.45) is 4.64. The maximum absolute atomic E-state index is 12.9. The second-order valence-electron chi connectivity index (χ2n) is 6.87. The molecule has 1 heterocycles. The van der Waals surface area contributed by atoms with Crippen LogP contribution in [0.2, 0.25) is 0 Å². The zero-order valence-corrected chi connectivity index (χ0v) is 17.3. The Morgan fingerprint density at radius 1 is 1.14 bits per heavy atom. The summed E-state index contributed by atoms with van der Waals surface area (Å²) in [5.74, 6) is 0.0700. The number of hydrogen-bond donors (Lipinski definition) is 1. The van der Waals surface area contributed by atoms with E-state index in [1.807, 2.05) is 44.2 Å². The van der Waals surface area contributed by atoms with Crippen molar-refractivity contribution in [2.75, 3.05) is 11.9 Å². The van der Waals surface area contributed by atoms with Gasteiger partial charge < -0.3 is 14.8 Å². The Bertz CT molecular complexity index is 815. The number of carbonyl (C=O) groups is 2.